The number of phenolic OH excluding ortho intramolecular Hbond substituents is 12. The van der Waals surface area contributed by atoms with Crippen LogP contribution in [0.25, 0.3) is 0 Å². The largest absolute Gasteiger partial charge is 0.504 e. The topological polar surface area (TPSA) is 429 Å². The molecule has 4 aromatic rings. The number of carbonyl (C=O) groups is 5. The molecule has 296 valence electrons. The van der Waals surface area contributed by atoms with Gasteiger partial charge in [0.05, 0.1) is 0 Å². The Labute approximate surface area is 309 Å². The van der Waals surface area contributed by atoms with Crippen molar-refractivity contribution in [1.82, 2.24) is 0 Å². The van der Waals surface area contributed by atoms with Crippen LogP contribution in [0.15, 0.2) is 48.5 Å². The summed E-state index contributed by atoms with van der Waals surface area (Å²) in [5.74, 6) is -29.0. The lowest BCUT2D eigenvalue weighted by Crippen LogP contribution is -2.74. The van der Waals surface area contributed by atoms with Crippen molar-refractivity contribution in [2.75, 3.05) is 0 Å². The number of rotatable bonds is 13. The van der Waals surface area contributed by atoms with Crippen molar-refractivity contribution >= 4 is 28.9 Å². The number of hydrogen-bond acceptors (Lipinski definition) is 22. The monoisotopic (exact) mass is 788 g/mol. The fraction of sp³-hybridized carbons (Fsp3) is 0.147. The van der Waals surface area contributed by atoms with Gasteiger partial charge in [-0.2, -0.15) is 0 Å². The molecule has 22 nitrogen and oxygen atoms in total. The smallest absolute Gasteiger partial charge is 0.246 e. The van der Waals surface area contributed by atoms with Gasteiger partial charge in [0, 0.05) is 16.7 Å². The maximum Gasteiger partial charge on any atom is 0.246 e. The molecule has 0 fully saturated rings. The van der Waals surface area contributed by atoms with E-state index in [0.29, 0.717) is 12.1 Å². The highest BCUT2D eigenvalue weighted by molar-refractivity contribution is 6.53. The standard InChI is InChI=1S/C34H28O22/c35-13-1-9(2-14(36)23(13)45)21(43)27(49)28(50)32(54)34(56,30(52)12-7-19(41)26(48)20(42)8-12)33(55,29(51)11-5-17(39)25(47)18(40)6-11)31(53)22(44)10-3-15(37)24(46)16(38)4-10/h1-8,21,27-28,35-43,45-50,55-56H/t21?,27?,28-,33+,34+/m1/s1. The number of benzene rings is 4. The first kappa shape index (κ1) is 41.4. The number of carbonyl (C=O) groups excluding carboxylic acids is 5. The summed E-state index contributed by atoms with van der Waals surface area (Å²) in [7, 11) is 0. The zero-order valence-electron chi connectivity index (χ0n) is 27.5. The van der Waals surface area contributed by atoms with E-state index in [1.165, 1.54) is 0 Å². The molecular formula is C34H28O22. The lowest BCUT2D eigenvalue weighted by Gasteiger charge is -2.40. The van der Waals surface area contributed by atoms with Gasteiger partial charge < -0.3 is 86.8 Å². The summed E-state index contributed by atoms with van der Waals surface area (Å²) < 4.78 is 0. The predicted octanol–water partition coefficient (Wildman–Crippen LogP) is -1.84. The average Bonchev–Trinajstić information content (AvgIpc) is 3.15. The fourth-order valence-corrected chi connectivity index (χ4v) is 5.34. The van der Waals surface area contributed by atoms with E-state index in [9.17, 15) is 111 Å². The van der Waals surface area contributed by atoms with E-state index in [1.54, 1.807) is 0 Å². The molecule has 0 aliphatic carbocycles. The van der Waals surface area contributed by atoms with E-state index in [4.69, 9.17) is 0 Å². The zero-order chi connectivity index (χ0) is 42.5. The summed E-state index contributed by atoms with van der Waals surface area (Å²) >= 11 is 0. The second-order valence-electron chi connectivity index (χ2n) is 12.0. The van der Waals surface area contributed by atoms with Gasteiger partial charge in [-0.05, 0) is 54.1 Å². The maximum atomic E-state index is 14.3. The third kappa shape index (κ3) is 6.56. The van der Waals surface area contributed by atoms with Gasteiger partial charge in [0.25, 0.3) is 0 Å². The van der Waals surface area contributed by atoms with Crippen LogP contribution >= 0.6 is 0 Å². The van der Waals surface area contributed by atoms with Gasteiger partial charge in [0.2, 0.25) is 40.1 Å². The van der Waals surface area contributed by atoms with Crippen LogP contribution in [-0.2, 0) is 9.59 Å². The fourth-order valence-electron chi connectivity index (χ4n) is 5.34. The highest BCUT2D eigenvalue weighted by atomic mass is 16.4. The lowest BCUT2D eigenvalue weighted by molar-refractivity contribution is -0.173. The normalized spacial score (nSPS) is 15.1. The van der Waals surface area contributed by atoms with Gasteiger partial charge in [-0.3, -0.25) is 24.0 Å². The minimum absolute atomic E-state index is 0.126. The van der Waals surface area contributed by atoms with Crippen LogP contribution in [0.4, 0.5) is 0 Å². The van der Waals surface area contributed by atoms with Crippen molar-refractivity contribution < 1.29 is 111 Å². The molecule has 0 saturated heterocycles. The first-order valence-electron chi connectivity index (χ1n) is 15.0. The van der Waals surface area contributed by atoms with Gasteiger partial charge in [-0.1, -0.05) is 0 Å². The van der Waals surface area contributed by atoms with Gasteiger partial charge in [-0.25, -0.2) is 0 Å². The molecule has 5 atom stereocenters. The number of Topliss-reactive ketones (excluding diaryl/α,β-unsaturated/α-hetero) is 5. The van der Waals surface area contributed by atoms with E-state index >= 15 is 0 Å². The van der Waals surface area contributed by atoms with E-state index in [0.717, 1.165) is 0 Å². The van der Waals surface area contributed by atoms with E-state index < -0.39 is 150 Å². The Kier molecular flexibility index (Phi) is 10.7. The number of phenols is 12. The molecule has 0 spiro atoms. The van der Waals surface area contributed by atoms with Crippen molar-refractivity contribution in [3.8, 4) is 69.0 Å². The summed E-state index contributed by atoms with van der Waals surface area (Å²) in [6, 6.07) is 1.85. The number of ketones is 5. The molecule has 4 aromatic carbocycles. The number of hydrogen-bond donors (Lipinski definition) is 17. The molecule has 0 aliphatic heterocycles. The quantitative estimate of drug-likeness (QED) is 0.0306. The first-order valence-corrected chi connectivity index (χ1v) is 15.0. The van der Waals surface area contributed by atoms with Crippen LogP contribution in [0.3, 0.4) is 0 Å². The molecule has 2 unspecified atom stereocenters. The second-order valence-corrected chi connectivity index (χ2v) is 12.0. The molecule has 17 N–H and O–H groups in total. The van der Waals surface area contributed by atoms with Gasteiger partial charge in [-0.15, -0.1) is 0 Å². The average molecular weight is 789 g/mol. The Morgan fingerprint density at radius 1 is 0.429 bits per heavy atom. The Hall–Kier alpha value is -7.37. The van der Waals surface area contributed by atoms with Crippen molar-refractivity contribution in [2.24, 2.45) is 0 Å². The van der Waals surface area contributed by atoms with E-state index in [2.05, 4.69) is 0 Å². The Morgan fingerprint density at radius 2 is 0.714 bits per heavy atom. The maximum absolute atomic E-state index is 14.3. The molecule has 0 saturated carbocycles. The summed E-state index contributed by atoms with van der Waals surface area (Å²) in [6.45, 7) is 0. The Bertz CT molecular complexity index is 2240. The van der Waals surface area contributed by atoms with Crippen LogP contribution in [0, 0.1) is 0 Å². The van der Waals surface area contributed by atoms with E-state index in [-0.39, 0.29) is 36.4 Å². The summed E-state index contributed by atoms with van der Waals surface area (Å²) in [5, 5.41) is 176. The lowest BCUT2D eigenvalue weighted by atomic mass is 9.66. The molecule has 0 aliphatic rings. The van der Waals surface area contributed by atoms with Crippen LogP contribution in [0.2, 0.25) is 0 Å². The first-order chi connectivity index (χ1) is 25.8. The minimum Gasteiger partial charge on any atom is -0.504 e. The van der Waals surface area contributed by atoms with Crippen molar-refractivity contribution in [2.45, 2.75) is 29.5 Å². The molecule has 0 amide bonds. The number of aromatic hydroxyl groups is 12. The highest BCUT2D eigenvalue weighted by Gasteiger charge is 2.71. The van der Waals surface area contributed by atoms with Gasteiger partial charge in [0.1, 0.15) is 18.3 Å². The van der Waals surface area contributed by atoms with Gasteiger partial charge in [0.15, 0.2) is 69.0 Å². The molecule has 0 bridgehead atoms. The summed E-state index contributed by atoms with van der Waals surface area (Å²) in [5.41, 5.74) is -15.2. The number of aliphatic hydroxyl groups is 5. The van der Waals surface area contributed by atoms with Crippen LogP contribution in [0.1, 0.15) is 42.7 Å². The van der Waals surface area contributed by atoms with Gasteiger partial charge >= 0.3 is 0 Å². The molecular weight excluding hydrogens is 760 g/mol. The van der Waals surface area contributed by atoms with Crippen LogP contribution in [-0.4, -0.2) is 139 Å². The molecule has 4 rings (SSSR count). The molecule has 0 heterocycles. The van der Waals surface area contributed by atoms with Crippen LogP contribution < -0.4 is 0 Å². The highest BCUT2D eigenvalue weighted by Crippen LogP contribution is 2.44. The second kappa shape index (κ2) is 14.5. The Morgan fingerprint density at radius 3 is 1.05 bits per heavy atom. The Balaban J connectivity index is 2.09. The minimum atomic E-state index is -5.10. The SMILES string of the molecule is O=C(C(=O)[C@@](O)(C(=O)c1cc(O)c(O)c(O)c1)[C@](O)(C(=O)c1cc(O)c(O)c(O)c1)C(=O)[C@H](O)C(O)C(O)c1cc(O)c(O)c(O)c1)c1cc(O)c(O)c(O)c1. The molecule has 0 radical (unpaired) electrons. The summed E-state index contributed by atoms with van der Waals surface area (Å²) in [6.07, 6.45) is -9.39. The molecule has 0 aromatic heterocycles. The van der Waals surface area contributed by atoms with Crippen LogP contribution in [0.5, 0.6) is 69.0 Å². The third-order valence-corrected chi connectivity index (χ3v) is 8.42. The van der Waals surface area contributed by atoms with Crippen molar-refractivity contribution in [3.63, 3.8) is 0 Å². The number of aliphatic hydroxyl groups excluding tert-OH is 3. The summed E-state index contributed by atoms with van der Waals surface area (Å²) in [4.78, 5) is 70.5. The van der Waals surface area contributed by atoms with Crippen molar-refractivity contribution in [3.05, 3.63) is 70.8 Å². The van der Waals surface area contributed by atoms with Crippen molar-refractivity contribution in [1.29, 1.82) is 0 Å². The predicted molar refractivity (Wildman–Crippen MR) is 176 cm³/mol. The third-order valence-electron chi connectivity index (χ3n) is 8.42. The molecule has 22 heteroatoms. The molecule has 56 heavy (non-hydrogen) atoms. The zero-order valence-corrected chi connectivity index (χ0v) is 27.5. The van der Waals surface area contributed by atoms with E-state index in [1.807, 2.05) is 0 Å².